The molecule has 0 aliphatic heterocycles. The van der Waals surface area contributed by atoms with E-state index in [4.69, 9.17) is 16.3 Å². The van der Waals surface area contributed by atoms with Gasteiger partial charge in [-0.15, -0.1) is 0 Å². The van der Waals surface area contributed by atoms with Gasteiger partial charge in [0.2, 0.25) is 0 Å². The third-order valence-corrected chi connectivity index (χ3v) is 6.17. The van der Waals surface area contributed by atoms with Crippen LogP contribution < -0.4 is 14.8 Å². The van der Waals surface area contributed by atoms with Crippen molar-refractivity contribution in [3.63, 3.8) is 0 Å². The van der Waals surface area contributed by atoms with Crippen LogP contribution in [0.5, 0.6) is 5.75 Å². The maximum atomic E-state index is 12.9. The first-order valence-electron chi connectivity index (χ1n) is 9.12. The normalized spacial score (nSPS) is 11.0. The molecule has 2 N–H and O–H groups in total. The number of para-hydroxylation sites is 2. The fourth-order valence-corrected chi connectivity index (χ4v) is 4.36. The monoisotopic (exact) mass is 444 g/mol. The summed E-state index contributed by atoms with van der Waals surface area (Å²) in [6.07, 6.45) is 0. The SMILES string of the molecule is Cc1ccccc1OCC(=O)Nc1ccc(C)c(S(=O)(=O)Nc2ccccc2Cl)c1. The van der Waals surface area contributed by atoms with Gasteiger partial charge in [0, 0.05) is 5.69 Å². The summed E-state index contributed by atoms with van der Waals surface area (Å²) in [6.45, 7) is 3.36. The number of rotatable bonds is 7. The first-order chi connectivity index (χ1) is 14.3. The number of halogens is 1. The van der Waals surface area contributed by atoms with E-state index in [0.717, 1.165) is 5.56 Å². The number of ether oxygens (including phenoxy) is 1. The molecule has 0 spiro atoms. The standard InChI is InChI=1S/C22H21ClN2O4S/c1-15-7-3-6-10-20(15)29-14-22(26)24-17-12-11-16(2)21(13-17)30(27,28)25-19-9-5-4-8-18(19)23/h3-13,25H,14H2,1-2H3,(H,24,26). The summed E-state index contributed by atoms with van der Waals surface area (Å²) in [7, 11) is -3.90. The minimum atomic E-state index is -3.90. The van der Waals surface area contributed by atoms with Crippen LogP contribution in [0.25, 0.3) is 0 Å². The highest BCUT2D eigenvalue weighted by molar-refractivity contribution is 7.92. The lowest BCUT2D eigenvalue weighted by Crippen LogP contribution is -2.21. The zero-order valence-corrected chi connectivity index (χ0v) is 18.0. The second-order valence-corrected chi connectivity index (χ2v) is 8.73. The van der Waals surface area contributed by atoms with Gasteiger partial charge in [0.15, 0.2) is 6.61 Å². The first kappa shape index (κ1) is 21.7. The average Bonchev–Trinajstić information content (AvgIpc) is 2.70. The van der Waals surface area contributed by atoms with Gasteiger partial charge in [0.1, 0.15) is 5.75 Å². The van der Waals surface area contributed by atoms with E-state index in [1.165, 1.54) is 6.07 Å². The molecule has 0 bridgehead atoms. The molecule has 1 amide bonds. The number of aryl methyl sites for hydroxylation is 2. The van der Waals surface area contributed by atoms with E-state index in [2.05, 4.69) is 10.0 Å². The molecule has 3 rings (SSSR count). The van der Waals surface area contributed by atoms with Gasteiger partial charge < -0.3 is 10.1 Å². The molecular weight excluding hydrogens is 424 g/mol. The topological polar surface area (TPSA) is 84.5 Å². The van der Waals surface area contributed by atoms with Crippen LogP contribution >= 0.6 is 11.6 Å². The molecule has 156 valence electrons. The van der Waals surface area contributed by atoms with Crippen molar-refractivity contribution in [2.45, 2.75) is 18.7 Å². The predicted octanol–water partition coefficient (Wildman–Crippen LogP) is 4.78. The van der Waals surface area contributed by atoms with E-state index in [0.29, 0.717) is 17.0 Å². The van der Waals surface area contributed by atoms with Gasteiger partial charge in [-0.3, -0.25) is 9.52 Å². The number of benzene rings is 3. The van der Waals surface area contributed by atoms with Crippen molar-refractivity contribution in [2.24, 2.45) is 0 Å². The zero-order valence-electron chi connectivity index (χ0n) is 16.5. The Hall–Kier alpha value is -3.03. The number of hydrogen-bond donors (Lipinski definition) is 2. The molecule has 0 saturated heterocycles. The Labute approximate surface area is 180 Å². The number of sulfonamides is 1. The Kier molecular flexibility index (Phi) is 6.64. The maximum Gasteiger partial charge on any atom is 0.262 e. The second kappa shape index (κ2) is 9.19. The Morgan fingerprint density at radius 2 is 1.67 bits per heavy atom. The van der Waals surface area contributed by atoms with Gasteiger partial charge in [-0.05, 0) is 55.3 Å². The summed E-state index contributed by atoms with van der Waals surface area (Å²) >= 11 is 6.06. The molecule has 3 aromatic carbocycles. The van der Waals surface area contributed by atoms with E-state index >= 15 is 0 Å². The summed E-state index contributed by atoms with van der Waals surface area (Å²) in [5.74, 6) is 0.216. The largest absolute Gasteiger partial charge is 0.483 e. The Bertz CT molecular complexity index is 1180. The molecule has 0 fully saturated rings. The van der Waals surface area contributed by atoms with Gasteiger partial charge in [-0.1, -0.05) is 48.0 Å². The molecule has 0 aliphatic rings. The molecular formula is C22H21ClN2O4S. The van der Waals surface area contributed by atoms with Crippen LogP contribution in [0.3, 0.4) is 0 Å². The van der Waals surface area contributed by atoms with Gasteiger partial charge in [-0.25, -0.2) is 8.42 Å². The van der Waals surface area contributed by atoms with Crippen molar-refractivity contribution in [3.8, 4) is 5.75 Å². The Morgan fingerprint density at radius 1 is 0.967 bits per heavy atom. The number of carbonyl (C=O) groups excluding carboxylic acids is 1. The van der Waals surface area contributed by atoms with Crippen molar-refractivity contribution in [2.75, 3.05) is 16.6 Å². The van der Waals surface area contributed by atoms with E-state index in [1.807, 2.05) is 25.1 Å². The van der Waals surface area contributed by atoms with Gasteiger partial charge in [-0.2, -0.15) is 0 Å². The van der Waals surface area contributed by atoms with E-state index in [9.17, 15) is 13.2 Å². The summed E-state index contributed by atoms with van der Waals surface area (Å²) in [4.78, 5) is 12.3. The molecule has 30 heavy (non-hydrogen) atoms. The highest BCUT2D eigenvalue weighted by atomic mass is 35.5. The molecule has 0 heterocycles. The highest BCUT2D eigenvalue weighted by Gasteiger charge is 2.19. The molecule has 0 saturated carbocycles. The number of anilines is 2. The molecule has 6 nitrogen and oxygen atoms in total. The summed E-state index contributed by atoms with van der Waals surface area (Å²) < 4.78 is 33.7. The molecule has 0 atom stereocenters. The lowest BCUT2D eigenvalue weighted by molar-refractivity contribution is -0.118. The molecule has 3 aromatic rings. The van der Waals surface area contributed by atoms with E-state index < -0.39 is 15.9 Å². The zero-order chi connectivity index (χ0) is 21.7. The van der Waals surface area contributed by atoms with Crippen molar-refractivity contribution in [1.82, 2.24) is 0 Å². The minimum absolute atomic E-state index is 0.0417. The van der Waals surface area contributed by atoms with Gasteiger partial charge >= 0.3 is 0 Å². The quantitative estimate of drug-likeness (QED) is 0.549. The molecule has 0 aliphatic carbocycles. The first-order valence-corrected chi connectivity index (χ1v) is 11.0. The Morgan fingerprint density at radius 3 is 2.40 bits per heavy atom. The third kappa shape index (κ3) is 5.31. The average molecular weight is 445 g/mol. The van der Waals surface area contributed by atoms with E-state index in [1.54, 1.807) is 49.4 Å². The van der Waals surface area contributed by atoms with Crippen LogP contribution in [0.2, 0.25) is 5.02 Å². The predicted molar refractivity (Wildman–Crippen MR) is 119 cm³/mol. The van der Waals surface area contributed by atoms with Crippen LogP contribution in [-0.4, -0.2) is 20.9 Å². The number of hydrogen-bond acceptors (Lipinski definition) is 4. The minimum Gasteiger partial charge on any atom is -0.483 e. The molecule has 0 unspecified atom stereocenters. The van der Waals surface area contributed by atoms with Crippen molar-refractivity contribution < 1.29 is 17.9 Å². The summed E-state index contributed by atoms with van der Waals surface area (Å²) in [6, 6.07) is 18.6. The lowest BCUT2D eigenvalue weighted by atomic mass is 10.2. The van der Waals surface area contributed by atoms with Gasteiger partial charge in [0.05, 0.1) is 15.6 Å². The third-order valence-electron chi connectivity index (χ3n) is 4.33. The number of amides is 1. The fourth-order valence-electron chi connectivity index (χ4n) is 2.77. The van der Waals surface area contributed by atoms with E-state index in [-0.39, 0.29) is 22.2 Å². The van der Waals surface area contributed by atoms with Crippen LogP contribution in [-0.2, 0) is 14.8 Å². The Balaban J connectivity index is 1.73. The highest BCUT2D eigenvalue weighted by Crippen LogP contribution is 2.27. The van der Waals surface area contributed by atoms with Gasteiger partial charge in [0.25, 0.3) is 15.9 Å². The summed E-state index contributed by atoms with van der Waals surface area (Å²) in [5.41, 5.74) is 2.07. The molecule has 0 aromatic heterocycles. The number of carbonyl (C=O) groups is 1. The van der Waals surface area contributed by atoms with Crippen LogP contribution in [0.15, 0.2) is 71.6 Å². The van der Waals surface area contributed by atoms with Crippen LogP contribution in [0.4, 0.5) is 11.4 Å². The molecule has 8 heteroatoms. The second-order valence-electron chi connectivity index (χ2n) is 6.67. The van der Waals surface area contributed by atoms with Crippen LogP contribution in [0.1, 0.15) is 11.1 Å². The van der Waals surface area contributed by atoms with Crippen LogP contribution in [0, 0.1) is 13.8 Å². The smallest absolute Gasteiger partial charge is 0.262 e. The maximum absolute atomic E-state index is 12.9. The van der Waals surface area contributed by atoms with Crippen molar-refractivity contribution in [3.05, 3.63) is 82.9 Å². The van der Waals surface area contributed by atoms with Crippen molar-refractivity contribution >= 4 is 38.9 Å². The fraction of sp³-hybridized carbons (Fsp3) is 0.136. The molecule has 0 radical (unpaired) electrons. The summed E-state index contributed by atoms with van der Waals surface area (Å²) in [5, 5.41) is 2.95. The number of nitrogens with one attached hydrogen (secondary N) is 2. The lowest BCUT2D eigenvalue weighted by Gasteiger charge is -2.14. The van der Waals surface area contributed by atoms with Crippen molar-refractivity contribution in [1.29, 1.82) is 0 Å².